The van der Waals surface area contributed by atoms with Crippen LogP contribution in [0.2, 0.25) is 0 Å². The molecule has 1 aliphatic heterocycles. The van der Waals surface area contributed by atoms with Gasteiger partial charge in [0.25, 0.3) is 5.91 Å². The third kappa shape index (κ3) is 4.80. The second-order valence-corrected chi connectivity index (χ2v) is 9.07. The van der Waals surface area contributed by atoms with Crippen molar-refractivity contribution in [3.05, 3.63) is 29.8 Å². The summed E-state index contributed by atoms with van der Waals surface area (Å²) < 4.78 is 30.8. The maximum Gasteiger partial charge on any atom is 0.255 e. The molecule has 1 fully saturated rings. The van der Waals surface area contributed by atoms with E-state index in [0.717, 1.165) is 19.3 Å². The molecule has 0 radical (unpaired) electrons. The van der Waals surface area contributed by atoms with E-state index in [1.165, 1.54) is 6.07 Å². The number of carbonyl (C=O) groups excluding carboxylic acids is 1. The molecule has 2 rings (SSSR count). The molecule has 0 aliphatic carbocycles. The van der Waals surface area contributed by atoms with Crippen molar-refractivity contribution in [2.45, 2.75) is 49.4 Å². The molecule has 0 saturated carbocycles. The van der Waals surface area contributed by atoms with Gasteiger partial charge < -0.3 is 15.4 Å². The molecule has 1 aromatic rings. The zero-order valence-corrected chi connectivity index (χ0v) is 15.8. The highest BCUT2D eigenvalue weighted by Crippen LogP contribution is 2.24. The fourth-order valence-corrected chi connectivity index (χ4v) is 4.11. The number of piperidine rings is 1. The first kappa shape index (κ1) is 19.9. The predicted molar refractivity (Wildman–Crippen MR) is 97.3 cm³/mol. The van der Waals surface area contributed by atoms with Crippen LogP contribution in [0, 0.1) is 0 Å². The van der Waals surface area contributed by atoms with Gasteiger partial charge in [-0.2, -0.15) is 0 Å². The van der Waals surface area contributed by atoms with E-state index in [1.54, 1.807) is 36.9 Å². The number of nitrogens with zero attached hydrogens (tertiary/aromatic N) is 1. The average Bonchev–Trinajstić information content (AvgIpc) is 2.62. The van der Waals surface area contributed by atoms with Crippen LogP contribution in [0.5, 0.6) is 0 Å². The van der Waals surface area contributed by atoms with E-state index < -0.39 is 15.1 Å². The first-order valence-electron chi connectivity index (χ1n) is 8.81. The quantitative estimate of drug-likeness (QED) is 0.742. The molecule has 6 nitrogen and oxygen atoms in total. The van der Waals surface area contributed by atoms with Crippen molar-refractivity contribution < 1.29 is 17.9 Å². The maximum atomic E-state index is 12.9. The van der Waals surface area contributed by atoms with E-state index in [4.69, 9.17) is 10.5 Å². The van der Waals surface area contributed by atoms with Crippen LogP contribution < -0.4 is 5.73 Å². The van der Waals surface area contributed by atoms with Gasteiger partial charge in [-0.05, 0) is 51.8 Å². The number of amides is 1. The Balaban J connectivity index is 2.08. The van der Waals surface area contributed by atoms with Crippen molar-refractivity contribution in [1.29, 1.82) is 0 Å². The summed E-state index contributed by atoms with van der Waals surface area (Å²) >= 11 is 0. The third-order valence-corrected chi connectivity index (χ3v) is 6.69. The van der Waals surface area contributed by atoms with E-state index in [-0.39, 0.29) is 22.5 Å². The van der Waals surface area contributed by atoms with Gasteiger partial charge >= 0.3 is 0 Å². The standard InChI is InChI=1S/C18H28N2O4S/c1-14(2)25(22,23)17-7-4-3-6-16(17)18(21)20-11-8-15(9-12-20)24-13-5-10-19/h3-4,6-7,14-15H,5,8-13,19H2,1-2H3. The SMILES string of the molecule is CC(C)S(=O)(=O)c1ccccc1C(=O)N1CCC(OCCCN)CC1. The number of ether oxygens (including phenoxy) is 1. The van der Waals surface area contributed by atoms with Crippen LogP contribution in [-0.4, -0.2) is 56.8 Å². The minimum absolute atomic E-state index is 0.122. The van der Waals surface area contributed by atoms with E-state index in [9.17, 15) is 13.2 Å². The summed E-state index contributed by atoms with van der Waals surface area (Å²) in [5.74, 6) is -0.222. The smallest absolute Gasteiger partial charge is 0.255 e. The van der Waals surface area contributed by atoms with Gasteiger partial charge in [-0.15, -0.1) is 0 Å². The third-order valence-electron chi connectivity index (χ3n) is 4.48. The Morgan fingerprint density at radius 1 is 1.28 bits per heavy atom. The number of sulfone groups is 1. The fraction of sp³-hybridized carbons (Fsp3) is 0.611. The molecule has 7 heteroatoms. The number of benzene rings is 1. The number of likely N-dealkylation sites (tertiary alicyclic amines) is 1. The van der Waals surface area contributed by atoms with Crippen molar-refractivity contribution >= 4 is 15.7 Å². The summed E-state index contributed by atoms with van der Waals surface area (Å²) in [4.78, 5) is 14.7. The zero-order chi connectivity index (χ0) is 18.4. The zero-order valence-electron chi connectivity index (χ0n) is 15.0. The monoisotopic (exact) mass is 368 g/mol. The molecule has 1 saturated heterocycles. The molecular weight excluding hydrogens is 340 g/mol. The highest BCUT2D eigenvalue weighted by atomic mass is 32.2. The van der Waals surface area contributed by atoms with Gasteiger partial charge in [-0.1, -0.05) is 12.1 Å². The second kappa shape index (κ2) is 8.78. The molecule has 0 unspecified atom stereocenters. The molecule has 1 aromatic carbocycles. The number of hydrogen-bond acceptors (Lipinski definition) is 5. The van der Waals surface area contributed by atoms with Crippen molar-refractivity contribution in [3.8, 4) is 0 Å². The Kier molecular flexibility index (Phi) is 6.98. The lowest BCUT2D eigenvalue weighted by Gasteiger charge is -2.32. The number of carbonyl (C=O) groups is 1. The lowest BCUT2D eigenvalue weighted by molar-refractivity contribution is 0.00834. The average molecular weight is 368 g/mol. The van der Waals surface area contributed by atoms with Gasteiger partial charge in [-0.3, -0.25) is 4.79 Å². The Morgan fingerprint density at radius 3 is 2.52 bits per heavy atom. The lowest BCUT2D eigenvalue weighted by atomic mass is 10.1. The topological polar surface area (TPSA) is 89.7 Å². The number of hydrogen-bond donors (Lipinski definition) is 1. The van der Waals surface area contributed by atoms with Gasteiger partial charge in [0, 0.05) is 19.7 Å². The van der Waals surface area contributed by atoms with Crippen LogP contribution in [0.25, 0.3) is 0 Å². The van der Waals surface area contributed by atoms with Crippen LogP contribution in [0.4, 0.5) is 0 Å². The van der Waals surface area contributed by atoms with Crippen molar-refractivity contribution in [2.75, 3.05) is 26.2 Å². The van der Waals surface area contributed by atoms with Crippen LogP contribution in [0.1, 0.15) is 43.5 Å². The Morgan fingerprint density at radius 2 is 1.92 bits per heavy atom. The summed E-state index contributed by atoms with van der Waals surface area (Å²) in [6.07, 6.45) is 2.50. The summed E-state index contributed by atoms with van der Waals surface area (Å²) in [7, 11) is -3.50. The molecule has 2 N–H and O–H groups in total. The van der Waals surface area contributed by atoms with Crippen LogP contribution >= 0.6 is 0 Å². The molecule has 1 heterocycles. The van der Waals surface area contributed by atoms with E-state index in [2.05, 4.69) is 0 Å². The van der Waals surface area contributed by atoms with E-state index in [1.807, 2.05) is 0 Å². The van der Waals surface area contributed by atoms with Gasteiger partial charge in [0.2, 0.25) is 0 Å². The Hall–Kier alpha value is -1.44. The highest BCUT2D eigenvalue weighted by molar-refractivity contribution is 7.92. The van der Waals surface area contributed by atoms with Gasteiger partial charge in [0.15, 0.2) is 9.84 Å². The van der Waals surface area contributed by atoms with Gasteiger partial charge in [-0.25, -0.2) is 8.42 Å². The van der Waals surface area contributed by atoms with E-state index >= 15 is 0 Å². The number of nitrogens with two attached hydrogens (primary N) is 1. The first-order valence-corrected chi connectivity index (χ1v) is 10.4. The highest BCUT2D eigenvalue weighted by Gasteiger charge is 2.29. The molecule has 0 atom stereocenters. The predicted octanol–water partition coefficient (Wildman–Crippen LogP) is 1.84. The van der Waals surface area contributed by atoms with Crippen LogP contribution in [0.3, 0.4) is 0 Å². The minimum Gasteiger partial charge on any atom is -0.378 e. The van der Waals surface area contributed by atoms with Gasteiger partial charge in [0.1, 0.15) is 0 Å². The Labute approximate surface area is 150 Å². The van der Waals surface area contributed by atoms with Crippen LogP contribution in [-0.2, 0) is 14.6 Å². The van der Waals surface area contributed by atoms with E-state index in [0.29, 0.717) is 26.2 Å². The fourth-order valence-electron chi connectivity index (χ4n) is 2.87. The normalized spacial score (nSPS) is 16.4. The Bertz CT molecular complexity index is 680. The molecule has 25 heavy (non-hydrogen) atoms. The largest absolute Gasteiger partial charge is 0.378 e. The molecule has 1 amide bonds. The summed E-state index contributed by atoms with van der Waals surface area (Å²) in [6.45, 7) is 5.65. The molecule has 1 aliphatic rings. The molecule has 140 valence electrons. The summed E-state index contributed by atoms with van der Waals surface area (Å²) in [5.41, 5.74) is 5.72. The molecule has 0 aromatic heterocycles. The first-order chi connectivity index (χ1) is 11.9. The molecular formula is C18H28N2O4S. The minimum atomic E-state index is -3.50. The molecule has 0 spiro atoms. The van der Waals surface area contributed by atoms with Crippen LogP contribution in [0.15, 0.2) is 29.2 Å². The van der Waals surface area contributed by atoms with Crippen molar-refractivity contribution in [2.24, 2.45) is 5.73 Å². The molecule has 0 bridgehead atoms. The number of rotatable bonds is 7. The second-order valence-electron chi connectivity index (χ2n) is 6.59. The van der Waals surface area contributed by atoms with Crippen molar-refractivity contribution in [3.63, 3.8) is 0 Å². The lowest BCUT2D eigenvalue weighted by Crippen LogP contribution is -2.41. The summed E-state index contributed by atoms with van der Waals surface area (Å²) in [6, 6.07) is 6.48. The van der Waals surface area contributed by atoms with Crippen molar-refractivity contribution in [1.82, 2.24) is 4.90 Å². The van der Waals surface area contributed by atoms with Gasteiger partial charge in [0.05, 0.1) is 21.8 Å². The summed E-state index contributed by atoms with van der Waals surface area (Å²) in [5, 5.41) is -0.567. The maximum absolute atomic E-state index is 12.9.